The zero-order valence-electron chi connectivity index (χ0n) is 8.29. The summed E-state index contributed by atoms with van der Waals surface area (Å²) >= 11 is 0. The molecule has 1 fully saturated rings. The summed E-state index contributed by atoms with van der Waals surface area (Å²) in [5.74, 6) is 0. The molecule has 0 heterocycles. The molecule has 6 nitrogen and oxygen atoms in total. The highest BCUT2D eigenvalue weighted by Gasteiger charge is 2.28. The van der Waals surface area contributed by atoms with E-state index in [2.05, 4.69) is 4.72 Å². The molecule has 0 radical (unpaired) electrons. The number of nitrogens with zero attached hydrogens (tertiary/aromatic N) is 1. The fraction of sp³-hybridized carbons (Fsp3) is 0.333. The largest absolute Gasteiger partial charge is 0.269 e. The molecule has 1 N–H and O–H groups in total. The molecule has 0 atom stereocenters. The molecule has 86 valence electrons. The predicted octanol–water partition coefficient (Wildman–Crippen LogP) is 1.04. The smallest absolute Gasteiger partial charge is 0.258 e. The van der Waals surface area contributed by atoms with Crippen LogP contribution >= 0.6 is 0 Å². The highest BCUT2D eigenvalue weighted by molar-refractivity contribution is 7.89. The second-order valence-electron chi connectivity index (χ2n) is 3.65. The third-order valence-corrected chi connectivity index (χ3v) is 3.79. The second kappa shape index (κ2) is 3.84. The molecular formula is C9H10N2O4S. The lowest BCUT2D eigenvalue weighted by Crippen LogP contribution is -2.25. The van der Waals surface area contributed by atoms with Crippen molar-refractivity contribution in [3.8, 4) is 0 Å². The molecule has 2 rings (SSSR count). The molecule has 16 heavy (non-hydrogen) atoms. The van der Waals surface area contributed by atoms with Gasteiger partial charge in [0.2, 0.25) is 10.0 Å². The highest BCUT2D eigenvalue weighted by atomic mass is 32.2. The number of hydrogen-bond donors (Lipinski definition) is 1. The fourth-order valence-electron chi connectivity index (χ4n) is 1.24. The minimum Gasteiger partial charge on any atom is -0.258 e. The van der Waals surface area contributed by atoms with E-state index in [1.807, 2.05) is 0 Å². The molecule has 0 unspecified atom stereocenters. The summed E-state index contributed by atoms with van der Waals surface area (Å²) in [6.07, 6.45) is 1.71. The van der Waals surface area contributed by atoms with E-state index >= 15 is 0 Å². The van der Waals surface area contributed by atoms with Crippen molar-refractivity contribution >= 4 is 15.7 Å². The van der Waals surface area contributed by atoms with Gasteiger partial charge in [0.25, 0.3) is 5.69 Å². The standard InChI is InChI=1S/C9H10N2O4S/c12-11(13)8-3-5-9(6-4-8)16(14,15)10-7-1-2-7/h3-7,10H,1-2H2. The number of sulfonamides is 1. The Hall–Kier alpha value is -1.47. The van der Waals surface area contributed by atoms with Gasteiger partial charge in [-0.1, -0.05) is 0 Å². The summed E-state index contributed by atoms with van der Waals surface area (Å²) in [7, 11) is -3.51. The van der Waals surface area contributed by atoms with E-state index in [-0.39, 0.29) is 16.6 Å². The lowest BCUT2D eigenvalue weighted by atomic mass is 10.3. The van der Waals surface area contributed by atoms with Crippen LogP contribution in [0.25, 0.3) is 0 Å². The third kappa shape index (κ3) is 2.37. The minimum absolute atomic E-state index is 0.0280. The average Bonchev–Trinajstić information content (AvgIpc) is 3.01. The first-order valence-electron chi connectivity index (χ1n) is 4.76. The zero-order valence-corrected chi connectivity index (χ0v) is 9.11. The minimum atomic E-state index is -3.51. The van der Waals surface area contributed by atoms with E-state index in [4.69, 9.17) is 0 Å². The Morgan fingerprint density at radius 1 is 1.25 bits per heavy atom. The lowest BCUT2D eigenvalue weighted by molar-refractivity contribution is -0.384. The molecule has 1 aliphatic carbocycles. The van der Waals surface area contributed by atoms with Crippen molar-refractivity contribution in [2.24, 2.45) is 0 Å². The normalized spacial score (nSPS) is 16.0. The molecule has 7 heteroatoms. The highest BCUT2D eigenvalue weighted by Crippen LogP contribution is 2.23. The van der Waals surface area contributed by atoms with Crippen LogP contribution in [-0.4, -0.2) is 19.4 Å². The molecule has 0 aromatic heterocycles. The molecular weight excluding hydrogens is 232 g/mol. The number of nitro benzene ring substituents is 1. The van der Waals surface area contributed by atoms with E-state index in [0.717, 1.165) is 12.8 Å². The van der Waals surface area contributed by atoms with E-state index in [1.54, 1.807) is 0 Å². The lowest BCUT2D eigenvalue weighted by Gasteiger charge is -2.04. The van der Waals surface area contributed by atoms with Gasteiger partial charge in [-0.2, -0.15) is 0 Å². The first-order chi connectivity index (χ1) is 7.49. The maximum Gasteiger partial charge on any atom is 0.269 e. The van der Waals surface area contributed by atoms with Crippen molar-refractivity contribution in [1.29, 1.82) is 0 Å². The van der Waals surface area contributed by atoms with Crippen LogP contribution in [0.4, 0.5) is 5.69 Å². The van der Waals surface area contributed by atoms with Crippen LogP contribution in [0.5, 0.6) is 0 Å². The fourth-order valence-corrected chi connectivity index (χ4v) is 2.54. The number of nitro groups is 1. The molecule has 1 aliphatic rings. The molecule has 1 aromatic rings. The van der Waals surface area contributed by atoms with Gasteiger partial charge in [-0.25, -0.2) is 13.1 Å². The van der Waals surface area contributed by atoms with Crippen LogP contribution in [0, 0.1) is 10.1 Å². The van der Waals surface area contributed by atoms with Gasteiger partial charge in [0.1, 0.15) is 0 Å². The number of hydrogen-bond acceptors (Lipinski definition) is 4. The molecule has 0 spiro atoms. The molecule has 0 bridgehead atoms. The van der Waals surface area contributed by atoms with Crippen molar-refractivity contribution in [3.05, 3.63) is 34.4 Å². The third-order valence-electron chi connectivity index (χ3n) is 2.26. The predicted molar refractivity (Wildman–Crippen MR) is 56.4 cm³/mol. The van der Waals surface area contributed by atoms with Crippen molar-refractivity contribution < 1.29 is 13.3 Å². The van der Waals surface area contributed by atoms with E-state index in [1.165, 1.54) is 24.3 Å². The summed E-state index contributed by atoms with van der Waals surface area (Å²) in [4.78, 5) is 9.89. The van der Waals surface area contributed by atoms with Crippen molar-refractivity contribution in [1.82, 2.24) is 4.72 Å². The van der Waals surface area contributed by atoms with E-state index in [0.29, 0.717) is 0 Å². The van der Waals surface area contributed by atoms with Crippen molar-refractivity contribution in [3.63, 3.8) is 0 Å². The van der Waals surface area contributed by atoms with Gasteiger partial charge in [0.05, 0.1) is 9.82 Å². The molecule has 1 aromatic carbocycles. The second-order valence-corrected chi connectivity index (χ2v) is 5.36. The SMILES string of the molecule is O=[N+]([O-])c1ccc(S(=O)(=O)NC2CC2)cc1. The number of non-ortho nitro benzene ring substituents is 1. The van der Waals surface area contributed by atoms with Gasteiger partial charge in [-0.3, -0.25) is 10.1 Å². The Morgan fingerprint density at radius 2 is 1.81 bits per heavy atom. The van der Waals surface area contributed by atoms with Gasteiger partial charge >= 0.3 is 0 Å². The summed E-state index contributed by atoms with van der Waals surface area (Å²) < 4.78 is 25.9. The Balaban J connectivity index is 2.23. The Kier molecular flexibility index (Phi) is 2.64. The number of nitrogens with one attached hydrogen (secondary N) is 1. The van der Waals surface area contributed by atoms with Crippen molar-refractivity contribution in [2.75, 3.05) is 0 Å². The quantitative estimate of drug-likeness (QED) is 0.631. The molecule has 1 saturated carbocycles. The average molecular weight is 242 g/mol. The Morgan fingerprint density at radius 3 is 2.25 bits per heavy atom. The van der Waals surface area contributed by atoms with Gasteiger partial charge in [0, 0.05) is 18.2 Å². The summed E-state index contributed by atoms with van der Waals surface area (Å²) in [5.41, 5.74) is -0.120. The van der Waals surface area contributed by atoms with Crippen LogP contribution in [-0.2, 0) is 10.0 Å². The van der Waals surface area contributed by atoms with Crippen LogP contribution in [0.3, 0.4) is 0 Å². The summed E-state index contributed by atoms with van der Waals surface area (Å²) in [5, 5.41) is 10.4. The van der Waals surface area contributed by atoms with Gasteiger partial charge in [0.15, 0.2) is 0 Å². The molecule has 0 saturated heterocycles. The summed E-state index contributed by atoms with van der Waals surface area (Å²) in [6, 6.07) is 4.87. The van der Waals surface area contributed by atoms with Crippen LogP contribution < -0.4 is 4.72 Å². The van der Waals surface area contributed by atoms with Crippen LogP contribution in [0.15, 0.2) is 29.2 Å². The van der Waals surface area contributed by atoms with Crippen LogP contribution in [0.2, 0.25) is 0 Å². The zero-order chi connectivity index (χ0) is 11.8. The van der Waals surface area contributed by atoms with Gasteiger partial charge in [-0.15, -0.1) is 0 Å². The monoisotopic (exact) mass is 242 g/mol. The van der Waals surface area contributed by atoms with Gasteiger partial charge < -0.3 is 0 Å². The van der Waals surface area contributed by atoms with E-state index in [9.17, 15) is 18.5 Å². The first kappa shape index (κ1) is 11.0. The number of rotatable bonds is 4. The number of benzene rings is 1. The van der Waals surface area contributed by atoms with Crippen LogP contribution in [0.1, 0.15) is 12.8 Å². The maximum atomic E-state index is 11.7. The molecule has 0 aliphatic heterocycles. The molecule has 0 amide bonds. The van der Waals surface area contributed by atoms with E-state index < -0.39 is 14.9 Å². The van der Waals surface area contributed by atoms with Crippen molar-refractivity contribution in [2.45, 2.75) is 23.8 Å². The first-order valence-corrected chi connectivity index (χ1v) is 6.24. The topological polar surface area (TPSA) is 89.3 Å². The van der Waals surface area contributed by atoms with Gasteiger partial charge in [-0.05, 0) is 25.0 Å². The maximum absolute atomic E-state index is 11.7. The Bertz CT molecular complexity index is 505. The summed E-state index contributed by atoms with van der Waals surface area (Å²) in [6.45, 7) is 0. The Labute approximate surface area is 92.5 Å².